The molecular formula is C12H14Cl2N6O3. The lowest BCUT2D eigenvalue weighted by Crippen LogP contribution is -2.14. The molecule has 2 heterocycles. The Kier molecular flexibility index (Phi) is 6.63. The normalized spacial score (nSPS) is 10.6. The maximum atomic E-state index is 5.70. The third-order valence-electron chi connectivity index (χ3n) is 2.32. The largest absolute Gasteiger partial charge is 0.461 e. The molecule has 0 N–H and O–H groups in total. The number of nitrogens with zero attached hydrogens (tertiary/aromatic N) is 6. The molecule has 2 aromatic heterocycles. The first-order valence-corrected chi connectivity index (χ1v) is 7.38. The zero-order chi connectivity index (χ0) is 16.7. The number of hydrogen-bond acceptors (Lipinski definition) is 9. The Bertz CT molecular complexity index is 565. The van der Waals surface area contributed by atoms with Crippen LogP contribution >= 0.6 is 23.2 Å². The SMILES string of the molecule is Cc1nc(Cl)nc(OCCOCCOc2nc(C)nc(Cl)n2)n1. The molecule has 0 aliphatic rings. The molecule has 2 aromatic rings. The summed E-state index contributed by atoms with van der Waals surface area (Å²) in [6.07, 6.45) is 0. The molecule has 0 fully saturated rings. The van der Waals surface area contributed by atoms with Crippen LogP contribution in [0.2, 0.25) is 10.6 Å². The van der Waals surface area contributed by atoms with Crippen LogP contribution in [0.4, 0.5) is 0 Å². The second-order valence-electron chi connectivity index (χ2n) is 4.18. The highest BCUT2D eigenvalue weighted by molar-refractivity contribution is 6.28. The summed E-state index contributed by atoms with van der Waals surface area (Å²) in [5.41, 5.74) is 0. The van der Waals surface area contributed by atoms with Crippen molar-refractivity contribution in [1.29, 1.82) is 0 Å². The third-order valence-corrected chi connectivity index (χ3v) is 2.65. The highest BCUT2D eigenvalue weighted by Gasteiger charge is 2.04. The molecular weight excluding hydrogens is 347 g/mol. The van der Waals surface area contributed by atoms with Crippen LogP contribution in [0, 0.1) is 13.8 Å². The third kappa shape index (κ3) is 6.43. The fourth-order valence-corrected chi connectivity index (χ4v) is 1.86. The van der Waals surface area contributed by atoms with Crippen molar-refractivity contribution in [2.24, 2.45) is 0 Å². The molecule has 0 aliphatic carbocycles. The lowest BCUT2D eigenvalue weighted by Gasteiger charge is -2.07. The average Bonchev–Trinajstić information content (AvgIpc) is 2.44. The number of hydrogen-bond donors (Lipinski definition) is 0. The molecule has 0 aliphatic heterocycles. The van der Waals surface area contributed by atoms with Gasteiger partial charge in [-0.15, -0.1) is 0 Å². The first-order chi connectivity index (χ1) is 11.0. The van der Waals surface area contributed by atoms with Crippen molar-refractivity contribution in [1.82, 2.24) is 29.9 Å². The summed E-state index contributed by atoms with van der Waals surface area (Å²) in [5.74, 6) is 0.973. The second kappa shape index (κ2) is 8.70. The van der Waals surface area contributed by atoms with E-state index in [0.29, 0.717) is 24.9 Å². The van der Waals surface area contributed by atoms with Crippen LogP contribution < -0.4 is 9.47 Å². The molecule has 0 bridgehead atoms. The summed E-state index contributed by atoms with van der Waals surface area (Å²) in [6, 6.07) is 0.329. The van der Waals surface area contributed by atoms with Gasteiger partial charge in [0, 0.05) is 0 Å². The fraction of sp³-hybridized carbons (Fsp3) is 0.500. The lowest BCUT2D eigenvalue weighted by molar-refractivity contribution is 0.0716. The van der Waals surface area contributed by atoms with E-state index in [2.05, 4.69) is 29.9 Å². The summed E-state index contributed by atoms with van der Waals surface area (Å²) in [4.78, 5) is 23.3. The Hall–Kier alpha value is -1.84. The number of ether oxygens (including phenoxy) is 3. The number of halogens is 2. The Balaban J connectivity index is 1.60. The average molecular weight is 361 g/mol. The topological polar surface area (TPSA) is 105 Å². The van der Waals surface area contributed by atoms with Gasteiger partial charge in [0.05, 0.1) is 13.2 Å². The van der Waals surface area contributed by atoms with Gasteiger partial charge in [0.2, 0.25) is 10.6 Å². The maximum Gasteiger partial charge on any atom is 0.321 e. The summed E-state index contributed by atoms with van der Waals surface area (Å²) in [6.45, 7) is 4.62. The van der Waals surface area contributed by atoms with Crippen molar-refractivity contribution in [3.05, 3.63) is 22.2 Å². The smallest absolute Gasteiger partial charge is 0.321 e. The van der Waals surface area contributed by atoms with Gasteiger partial charge in [-0.2, -0.15) is 19.9 Å². The summed E-state index contributed by atoms with van der Waals surface area (Å²) >= 11 is 11.4. The first-order valence-electron chi connectivity index (χ1n) is 6.62. The van der Waals surface area contributed by atoms with Crippen LogP contribution in [0.1, 0.15) is 11.6 Å². The predicted octanol–water partition coefficient (Wildman–Crippen LogP) is 1.45. The van der Waals surface area contributed by atoms with E-state index in [-0.39, 0.29) is 35.8 Å². The number of aryl methyl sites for hydroxylation is 2. The van der Waals surface area contributed by atoms with E-state index in [1.807, 2.05) is 0 Å². The quantitative estimate of drug-likeness (QED) is 0.646. The van der Waals surface area contributed by atoms with Crippen molar-refractivity contribution in [2.45, 2.75) is 13.8 Å². The van der Waals surface area contributed by atoms with E-state index in [1.165, 1.54) is 0 Å². The van der Waals surface area contributed by atoms with Gasteiger partial charge in [0.25, 0.3) is 0 Å². The molecule has 0 spiro atoms. The lowest BCUT2D eigenvalue weighted by atomic mass is 10.7. The Morgan fingerprint density at radius 3 is 1.48 bits per heavy atom. The predicted molar refractivity (Wildman–Crippen MR) is 81.0 cm³/mol. The highest BCUT2D eigenvalue weighted by atomic mass is 35.5. The molecule has 0 radical (unpaired) electrons. The molecule has 11 heteroatoms. The van der Waals surface area contributed by atoms with Crippen molar-refractivity contribution in [3.8, 4) is 12.0 Å². The molecule has 0 amide bonds. The number of rotatable bonds is 8. The van der Waals surface area contributed by atoms with E-state index in [0.717, 1.165) is 0 Å². The van der Waals surface area contributed by atoms with E-state index < -0.39 is 0 Å². The van der Waals surface area contributed by atoms with Gasteiger partial charge in [0.15, 0.2) is 0 Å². The van der Waals surface area contributed by atoms with Gasteiger partial charge in [-0.3, -0.25) is 0 Å². The maximum absolute atomic E-state index is 5.70. The summed E-state index contributed by atoms with van der Waals surface area (Å²) < 4.78 is 15.9. The van der Waals surface area contributed by atoms with E-state index in [4.69, 9.17) is 37.4 Å². The van der Waals surface area contributed by atoms with Crippen molar-refractivity contribution < 1.29 is 14.2 Å². The minimum atomic E-state index is 0.0909. The highest BCUT2D eigenvalue weighted by Crippen LogP contribution is 2.08. The molecule has 0 atom stereocenters. The zero-order valence-corrected chi connectivity index (χ0v) is 14.0. The fourth-order valence-electron chi connectivity index (χ4n) is 1.47. The van der Waals surface area contributed by atoms with Crippen LogP contribution in [0.25, 0.3) is 0 Å². The molecule has 9 nitrogen and oxygen atoms in total. The van der Waals surface area contributed by atoms with Gasteiger partial charge in [0.1, 0.15) is 24.9 Å². The minimum Gasteiger partial charge on any atom is -0.461 e. The van der Waals surface area contributed by atoms with E-state index in [9.17, 15) is 0 Å². The molecule has 2 rings (SSSR count). The first kappa shape index (κ1) is 17.5. The van der Waals surface area contributed by atoms with Crippen molar-refractivity contribution >= 4 is 23.2 Å². The van der Waals surface area contributed by atoms with Crippen LogP contribution in [0.3, 0.4) is 0 Å². The van der Waals surface area contributed by atoms with Gasteiger partial charge < -0.3 is 14.2 Å². The van der Waals surface area contributed by atoms with Gasteiger partial charge in [-0.05, 0) is 37.0 Å². The monoisotopic (exact) mass is 360 g/mol. The second-order valence-corrected chi connectivity index (χ2v) is 4.85. The van der Waals surface area contributed by atoms with Gasteiger partial charge in [-0.1, -0.05) is 0 Å². The molecule has 0 saturated carbocycles. The van der Waals surface area contributed by atoms with Crippen molar-refractivity contribution in [2.75, 3.05) is 26.4 Å². The molecule has 23 heavy (non-hydrogen) atoms. The molecule has 0 unspecified atom stereocenters. The Labute approximate surface area is 142 Å². The van der Waals surface area contributed by atoms with Crippen LogP contribution in [0.5, 0.6) is 12.0 Å². The molecule has 124 valence electrons. The Morgan fingerprint density at radius 2 is 1.09 bits per heavy atom. The Morgan fingerprint density at radius 1 is 0.652 bits per heavy atom. The van der Waals surface area contributed by atoms with Crippen LogP contribution in [-0.2, 0) is 4.74 Å². The summed E-state index contributed by atoms with van der Waals surface area (Å²) in [5, 5.41) is 0.182. The summed E-state index contributed by atoms with van der Waals surface area (Å²) in [7, 11) is 0. The van der Waals surface area contributed by atoms with Gasteiger partial charge >= 0.3 is 12.0 Å². The molecule has 0 saturated heterocycles. The zero-order valence-electron chi connectivity index (χ0n) is 12.5. The van der Waals surface area contributed by atoms with E-state index in [1.54, 1.807) is 13.8 Å². The minimum absolute atomic E-state index is 0.0909. The molecule has 0 aromatic carbocycles. The van der Waals surface area contributed by atoms with Gasteiger partial charge in [-0.25, -0.2) is 9.97 Å². The van der Waals surface area contributed by atoms with Crippen molar-refractivity contribution in [3.63, 3.8) is 0 Å². The number of aromatic nitrogens is 6. The van der Waals surface area contributed by atoms with Crippen LogP contribution in [0.15, 0.2) is 0 Å². The standard InChI is InChI=1S/C12H14Cl2N6O3/c1-7-15-9(13)19-11(17-7)22-5-3-21-4-6-23-12-18-8(2)16-10(14)20-12/h3-6H2,1-2H3. The van der Waals surface area contributed by atoms with E-state index >= 15 is 0 Å². The van der Waals surface area contributed by atoms with Crippen LogP contribution in [-0.4, -0.2) is 56.3 Å².